The summed E-state index contributed by atoms with van der Waals surface area (Å²) < 4.78 is 28.9. The molecule has 4 aromatic rings. The van der Waals surface area contributed by atoms with Gasteiger partial charge in [0.05, 0.1) is 31.1 Å². The summed E-state index contributed by atoms with van der Waals surface area (Å²) in [7, 11) is 1.77. The smallest absolute Gasteiger partial charge is 0.180 e. The maximum absolute atomic E-state index is 14.5. The first-order valence-corrected chi connectivity index (χ1v) is 10.7. The fraction of sp³-hybridized carbons (Fsp3) is 0.182. The van der Waals surface area contributed by atoms with Gasteiger partial charge in [0.2, 0.25) is 0 Å². The van der Waals surface area contributed by atoms with Gasteiger partial charge in [-0.05, 0) is 24.3 Å². The van der Waals surface area contributed by atoms with E-state index in [9.17, 15) is 4.39 Å². The molecule has 0 fully saturated rings. The highest BCUT2D eigenvalue weighted by atomic mass is 32.2. The maximum Gasteiger partial charge on any atom is 0.180 e. The SMILES string of the molecule is Cn1cc(-c2cc(F)c(=N)n(C(=N)Sc3ccc4ncc5c(c4c3)OCCCO5)c2)cn1. The number of benzene rings is 1. The van der Waals surface area contributed by atoms with Gasteiger partial charge in [0.15, 0.2) is 28.0 Å². The topological polar surface area (TPSA) is 102 Å². The average Bonchev–Trinajstić information content (AvgIpc) is 3.07. The molecule has 4 heterocycles. The summed E-state index contributed by atoms with van der Waals surface area (Å²) in [4.78, 5) is 5.17. The molecule has 0 radical (unpaired) electrons. The van der Waals surface area contributed by atoms with Crippen molar-refractivity contribution in [3.05, 3.63) is 60.4 Å². The van der Waals surface area contributed by atoms with Gasteiger partial charge in [-0.3, -0.25) is 25.1 Å². The lowest BCUT2D eigenvalue weighted by Crippen LogP contribution is -2.27. The minimum atomic E-state index is -0.713. The van der Waals surface area contributed by atoms with Crippen LogP contribution in [0, 0.1) is 16.6 Å². The number of hydrogen-bond donors (Lipinski definition) is 2. The Morgan fingerprint density at radius 1 is 1.12 bits per heavy atom. The zero-order valence-electron chi connectivity index (χ0n) is 17.1. The zero-order chi connectivity index (χ0) is 22.2. The largest absolute Gasteiger partial charge is 0.489 e. The van der Waals surface area contributed by atoms with Crippen molar-refractivity contribution in [2.75, 3.05) is 13.2 Å². The Hall–Kier alpha value is -3.66. The Morgan fingerprint density at radius 3 is 2.78 bits per heavy atom. The van der Waals surface area contributed by atoms with Crippen molar-refractivity contribution >= 4 is 27.8 Å². The zero-order valence-corrected chi connectivity index (χ0v) is 17.9. The molecule has 32 heavy (non-hydrogen) atoms. The van der Waals surface area contributed by atoms with E-state index in [1.165, 1.54) is 10.6 Å². The quantitative estimate of drug-likeness (QED) is 0.275. The van der Waals surface area contributed by atoms with Crippen molar-refractivity contribution < 1.29 is 13.9 Å². The normalized spacial score (nSPS) is 13.2. The minimum Gasteiger partial charge on any atom is -0.489 e. The van der Waals surface area contributed by atoms with Crippen LogP contribution in [-0.2, 0) is 7.05 Å². The van der Waals surface area contributed by atoms with Crippen LogP contribution in [0.15, 0.2) is 53.9 Å². The van der Waals surface area contributed by atoms with E-state index in [1.54, 1.807) is 36.5 Å². The Balaban J connectivity index is 1.50. The van der Waals surface area contributed by atoms with Gasteiger partial charge in [-0.1, -0.05) is 11.8 Å². The maximum atomic E-state index is 14.5. The highest BCUT2D eigenvalue weighted by Gasteiger charge is 2.17. The standard InChI is InChI=1S/C22H19FN6O2S/c1-28-11-14(9-27-28)13-7-17(23)21(24)29(12-13)22(25)32-15-3-4-18-16(8-15)20-19(10-26-18)30-5-2-6-31-20/h3-4,7-12,24-25H,2,5-6H2,1H3. The number of ether oxygens (including phenoxy) is 2. The summed E-state index contributed by atoms with van der Waals surface area (Å²) in [6.07, 6.45) is 7.39. The fourth-order valence-corrected chi connectivity index (χ4v) is 4.25. The second-order valence-corrected chi connectivity index (χ2v) is 8.35. The second-order valence-electron chi connectivity index (χ2n) is 7.29. The third-order valence-electron chi connectivity index (χ3n) is 5.04. The Bertz CT molecular complexity index is 1410. The van der Waals surface area contributed by atoms with Crippen LogP contribution in [0.25, 0.3) is 22.0 Å². The molecule has 0 aliphatic carbocycles. The molecule has 10 heteroatoms. The molecular formula is C22H19FN6O2S. The summed E-state index contributed by atoms with van der Waals surface area (Å²) in [6, 6.07) is 6.84. The number of nitrogens with zero attached hydrogens (tertiary/aromatic N) is 4. The van der Waals surface area contributed by atoms with Crippen molar-refractivity contribution in [1.82, 2.24) is 19.3 Å². The van der Waals surface area contributed by atoms with E-state index in [4.69, 9.17) is 20.3 Å². The number of nitrogens with one attached hydrogen (secondary N) is 2. The van der Waals surface area contributed by atoms with Gasteiger partial charge < -0.3 is 9.47 Å². The van der Waals surface area contributed by atoms with Crippen LogP contribution >= 0.6 is 11.8 Å². The number of pyridine rings is 2. The van der Waals surface area contributed by atoms with Crippen LogP contribution in [-0.4, -0.2) is 37.7 Å². The van der Waals surface area contributed by atoms with Crippen LogP contribution < -0.4 is 15.0 Å². The molecule has 1 aromatic carbocycles. The van der Waals surface area contributed by atoms with Gasteiger partial charge in [0, 0.05) is 47.3 Å². The van der Waals surface area contributed by atoms with E-state index in [0.717, 1.165) is 34.0 Å². The van der Waals surface area contributed by atoms with Crippen LogP contribution in [0.3, 0.4) is 0 Å². The Kier molecular flexibility index (Phi) is 5.14. The second kappa shape index (κ2) is 8.12. The molecule has 1 aliphatic rings. The highest BCUT2D eigenvalue weighted by Crippen LogP contribution is 2.37. The average molecular weight is 450 g/mol. The number of rotatable bonds is 2. The summed E-state index contributed by atoms with van der Waals surface area (Å²) in [5.41, 5.74) is 1.61. The lowest BCUT2D eigenvalue weighted by molar-refractivity contribution is 0.297. The molecule has 5 rings (SSSR count). The van der Waals surface area contributed by atoms with Crippen molar-refractivity contribution in [3.63, 3.8) is 0 Å². The number of aromatic nitrogens is 4. The molecule has 8 nitrogen and oxygen atoms in total. The molecule has 0 unspecified atom stereocenters. The van der Waals surface area contributed by atoms with Gasteiger partial charge in [0.25, 0.3) is 0 Å². The molecule has 1 aliphatic heterocycles. The van der Waals surface area contributed by atoms with Crippen LogP contribution in [0.1, 0.15) is 6.42 Å². The molecule has 0 bridgehead atoms. The Labute approximate surface area is 186 Å². The van der Waals surface area contributed by atoms with Gasteiger partial charge in [0.1, 0.15) is 0 Å². The monoisotopic (exact) mass is 450 g/mol. The van der Waals surface area contributed by atoms with E-state index in [0.29, 0.717) is 35.8 Å². The Morgan fingerprint density at radius 2 is 1.97 bits per heavy atom. The molecule has 0 atom stereocenters. The highest BCUT2D eigenvalue weighted by molar-refractivity contribution is 8.13. The number of aryl methyl sites for hydroxylation is 1. The summed E-state index contributed by atoms with van der Waals surface area (Å²) in [5, 5.41) is 21.5. The molecule has 2 N–H and O–H groups in total. The van der Waals surface area contributed by atoms with Gasteiger partial charge >= 0.3 is 0 Å². The molecule has 3 aromatic heterocycles. The molecule has 162 valence electrons. The number of fused-ring (bicyclic) bond motifs is 3. The van der Waals surface area contributed by atoms with Gasteiger partial charge in [-0.25, -0.2) is 4.39 Å². The van der Waals surface area contributed by atoms with Crippen LogP contribution in [0.2, 0.25) is 0 Å². The minimum absolute atomic E-state index is 0.00820. The van der Waals surface area contributed by atoms with Gasteiger partial charge in [-0.2, -0.15) is 5.10 Å². The lowest BCUT2D eigenvalue weighted by atomic mass is 10.1. The van der Waals surface area contributed by atoms with Crippen LogP contribution in [0.4, 0.5) is 4.39 Å². The van der Waals surface area contributed by atoms with Crippen molar-refractivity contribution in [1.29, 1.82) is 10.8 Å². The first-order valence-electron chi connectivity index (χ1n) is 9.90. The van der Waals surface area contributed by atoms with Crippen molar-refractivity contribution in [2.45, 2.75) is 11.3 Å². The lowest BCUT2D eigenvalue weighted by Gasteiger charge is -2.13. The van der Waals surface area contributed by atoms with Crippen molar-refractivity contribution in [3.8, 4) is 22.6 Å². The number of halogens is 1. The molecular weight excluding hydrogens is 431 g/mol. The summed E-state index contributed by atoms with van der Waals surface area (Å²) in [6.45, 7) is 1.12. The summed E-state index contributed by atoms with van der Waals surface area (Å²) in [5.74, 6) is 0.525. The third kappa shape index (κ3) is 3.73. The van der Waals surface area contributed by atoms with Gasteiger partial charge in [-0.15, -0.1) is 0 Å². The predicted octanol–water partition coefficient (Wildman–Crippen LogP) is 3.79. The van der Waals surface area contributed by atoms with Crippen LogP contribution in [0.5, 0.6) is 11.5 Å². The van der Waals surface area contributed by atoms with E-state index in [-0.39, 0.29) is 10.7 Å². The third-order valence-corrected chi connectivity index (χ3v) is 5.92. The summed E-state index contributed by atoms with van der Waals surface area (Å²) >= 11 is 1.11. The van der Waals surface area contributed by atoms with E-state index in [1.807, 2.05) is 18.2 Å². The van der Waals surface area contributed by atoms with E-state index in [2.05, 4.69) is 10.1 Å². The number of thioether (sulfide) groups is 1. The number of hydrogen-bond acceptors (Lipinski definition) is 7. The molecule has 0 amide bonds. The first kappa shape index (κ1) is 20.3. The molecule has 0 spiro atoms. The first-order chi connectivity index (χ1) is 15.5. The predicted molar refractivity (Wildman–Crippen MR) is 119 cm³/mol. The van der Waals surface area contributed by atoms with E-state index >= 15 is 0 Å². The molecule has 0 saturated heterocycles. The van der Waals surface area contributed by atoms with Crippen molar-refractivity contribution in [2.24, 2.45) is 7.05 Å². The fourth-order valence-electron chi connectivity index (χ4n) is 3.47. The van der Waals surface area contributed by atoms with E-state index < -0.39 is 5.82 Å². The molecule has 0 saturated carbocycles.